The van der Waals surface area contributed by atoms with Gasteiger partial charge in [0.15, 0.2) is 0 Å². The monoisotopic (exact) mass is 614 g/mol. The van der Waals surface area contributed by atoms with E-state index in [-0.39, 0.29) is 4.21 Å². The number of aromatic nitrogens is 4. The summed E-state index contributed by atoms with van der Waals surface area (Å²) in [6, 6.07) is 40.2. The van der Waals surface area contributed by atoms with E-state index in [2.05, 4.69) is 93.6 Å². The summed E-state index contributed by atoms with van der Waals surface area (Å²) >= 11 is 0.968. The highest BCUT2D eigenvalue weighted by Gasteiger charge is 2.39. The minimum absolute atomic E-state index is 0.133. The quantitative estimate of drug-likeness (QED) is 0.147. The van der Waals surface area contributed by atoms with E-state index in [1.165, 1.54) is 12.4 Å². The Morgan fingerprint density at radius 2 is 1.34 bits per heavy atom. The lowest BCUT2D eigenvalue weighted by atomic mass is 9.77. The second kappa shape index (κ2) is 10.9. The number of aryl methyl sites for hydroxylation is 1. The Labute approximate surface area is 258 Å². The number of rotatable bonds is 7. The van der Waals surface area contributed by atoms with Crippen molar-refractivity contribution >= 4 is 32.4 Å². The number of hydrogen-bond acceptors (Lipinski definition) is 6. The predicted octanol–water partition coefficient (Wildman–Crippen LogP) is 7.62. The minimum Gasteiger partial charge on any atom is -0.281 e. The first kappa shape index (κ1) is 27.8. The van der Waals surface area contributed by atoms with Crippen molar-refractivity contribution < 1.29 is 13.0 Å². The average Bonchev–Trinajstić information content (AvgIpc) is 3.71. The number of nitrogens with zero attached hydrogens (tertiary/aromatic N) is 4. The van der Waals surface area contributed by atoms with E-state index >= 15 is 0 Å². The molecule has 7 rings (SSSR count). The maximum absolute atomic E-state index is 11.7. The van der Waals surface area contributed by atoms with Crippen LogP contribution in [-0.4, -0.2) is 32.7 Å². The molecule has 0 spiro atoms. The summed E-state index contributed by atoms with van der Waals surface area (Å²) in [5, 5.41) is 5.94. The maximum atomic E-state index is 11.7. The summed E-state index contributed by atoms with van der Waals surface area (Å²) in [7, 11) is -4.32. The number of thiophene rings is 1. The van der Waals surface area contributed by atoms with Crippen LogP contribution >= 0.6 is 11.3 Å². The molecule has 0 aliphatic carbocycles. The molecule has 0 atom stereocenters. The fourth-order valence-corrected chi connectivity index (χ4v) is 7.54. The van der Waals surface area contributed by atoms with Gasteiger partial charge in [0, 0.05) is 17.1 Å². The molecule has 0 saturated heterocycles. The molecule has 7 aromatic rings. The van der Waals surface area contributed by atoms with Crippen molar-refractivity contribution in [1.82, 2.24) is 19.7 Å². The van der Waals surface area contributed by atoms with E-state index < -0.39 is 15.7 Å². The largest absolute Gasteiger partial charge is 0.304 e. The van der Waals surface area contributed by atoms with Crippen LogP contribution in [0.4, 0.5) is 0 Å². The Morgan fingerprint density at radius 3 is 1.89 bits per heavy atom. The molecule has 9 heteroatoms. The third-order valence-electron chi connectivity index (χ3n) is 7.83. The first-order valence-corrected chi connectivity index (χ1v) is 16.2. The summed E-state index contributed by atoms with van der Waals surface area (Å²) < 4.78 is 34.9. The van der Waals surface area contributed by atoms with E-state index in [0.717, 1.165) is 55.8 Å². The normalized spacial score (nSPS) is 12.0. The smallest absolute Gasteiger partial charge is 0.281 e. The zero-order valence-electron chi connectivity index (χ0n) is 23.6. The maximum Gasteiger partial charge on any atom is 0.304 e. The molecule has 0 radical (unpaired) electrons. The molecule has 0 aliphatic rings. The van der Waals surface area contributed by atoms with Gasteiger partial charge >= 0.3 is 10.1 Å². The Morgan fingerprint density at radius 1 is 0.750 bits per heavy atom. The lowest BCUT2D eigenvalue weighted by molar-refractivity contribution is 0.458. The molecule has 216 valence electrons. The van der Waals surface area contributed by atoms with Crippen LogP contribution in [0.2, 0.25) is 0 Å². The van der Waals surface area contributed by atoms with Crippen molar-refractivity contribution in [3.63, 3.8) is 0 Å². The van der Waals surface area contributed by atoms with Crippen LogP contribution in [0, 0.1) is 6.92 Å². The van der Waals surface area contributed by atoms with E-state index in [0.29, 0.717) is 10.6 Å². The second-order valence-electron chi connectivity index (χ2n) is 10.4. The summed E-state index contributed by atoms with van der Waals surface area (Å²) in [4.78, 5) is 9.56. The topological polar surface area (TPSA) is 98.0 Å². The zero-order valence-corrected chi connectivity index (χ0v) is 25.2. The molecule has 0 bridgehead atoms. The van der Waals surface area contributed by atoms with Gasteiger partial charge < -0.3 is 0 Å². The van der Waals surface area contributed by atoms with Crippen molar-refractivity contribution in [2.75, 3.05) is 0 Å². The van der Waals surface area contributed by atoms with Gasteiger partial charge in [-0.05, 0) is 53.4 Å². The molecular formula is C35H26N4O3S2. The second-order valence-corrected chi connectivity index (χ2v) is 13.2. The Kier molecular flexibility index (Phi) is 6.93. The van der Waals surface area contributed by atoms with Gasteiger partial charge in [0.25, 0.3) is 0 Å². The molecule has 44 heavy (non-hydrogen) atoms. The Bertz CT molecular complexity index is 2120. The number of benzene rings is 4. The van der Waals surface area contributed by atoms with Crippen molar-refractivity contribution in [1.29, 1.82) is 0 Å². The molecule has 0 saturated carbocycles. The average molecular weight is 615 g/mol. The summed E-state index contributed by atoms with van der Waals surface area (Å²) in [6.45, 7) is 2.00. The van der Waals surface area contributed by atoms with Gasteiger partial charge in [-0.15, -0.1) is 11.3 Å². The van der Waals surface area contributed by atoms with Gasteiger partial charge in [-0.2, -0.15) is 13.5 Å². The lowest BCUT2D eigenvalue weighted by Gasteiger charge is -2.36. The molecule has 7 nitrogen and oxygen atoms in total. The van der Waals surface area contributed by atoms with E-state index in [1.54, 1.807) is 6.07 Å². The molecule has 0 fully saturated rings. The standard InChI is InChI=1S/C35H26N4O3S2/c1-24-30(25-17-18-31-29(21-25)34(37-23-36-31)32-19-20-33(43-32)44(40,41)42)22-39(38-24)35(26-11-5-2-6-12-26,27-13-7-3-8-14-27)28-15-9-4-10-16-28/h2-23H,1H3,(H,40,41,42). The van der Waals surface area contributed by atoms with Crippen LogP contribution in [0.1, 0.15) is 22.4 Å². The molecule has 0 amide bonds. The Balaban J connectivity index is 1.44. The van der Waals surface area contributed by atoms with Crippen molar-refractivity contribution in [2.45, 2.75) is 16.7 Å². The van der Waals surface area contributed by atoms with Crippen molar-refractivity contribution in [3.05, 3.63) is 156 Å². The SMILES string of the molecule is Cc1nn(C(c2ccccc2)(c2ccccc2)c2ccccc2)cc1-c1ccc2ncnc(-c3ccc(S(=O)(=O)O)s3)c2c1. The van der Waals surface area contributed by atoms with Crippen LogP contribution in [-0.2, 0) is 15.7 Å². The molecular weight excluding hydrogens is 589 g/mol. The summed E-state index contributed by atoms with van der Waals surface area (Å²) in [5.74, 6) is 0. The van der Waals surface area contributed by atoms with Crippen LogP contribution < -0.4 is 0 Å². The molecule has 0 unspecified atom stereocenters. The molecule has 3 heterocycles. The molecule has 1 N–H and O–H groups in total. The molecule has 3 aromatic heterocycles. The number of hydrogen-bond donors (Lipinski definition) is 1. The third-order valence-corrected chi connectivity index (χ3v) is 10.2. The zero-order chi connectivity index (χ0) is 30.3. The molecule has 4 aromatic carbocycles. The fraction of sp³-hybridized carbons (Fsp3) is 0.0571. The minimum atomic E-state index is -4.32. The summed E-state index contributed by atoms with van der Waals surface area (Å²) in [6.07, 6.45) is 3.55. The van der Waals surface area contributed by atoms with Crippen molar-refractivity contribution in [3.8, 4) is 21.7 Å². The van der Waals surface area contributed by atoms with E-state index in [1.807, 2.05) is 43.3 Å². The van der Waals surface area contributed by atoms with Crippen molar-refractivity contribution in [2.24, 2.45) is 0 Å². The highest BCUT2D eigenvalue weighted by atomic mass is 32.3. The predicted molar refractivity (Wildman–Crippen MR) is 173 cm³/mol. The van der Waals surface area contributed by atoms with Gasteiger partial charge in [0.05, 0.1) is 21.8 Å². The van der Waals surface area contributed by atoms with Gasteiger partial charge in [-0.3, -0.25) is 9.23 Å². The highest BCUT2D eigenvalue weighted by Crippen LogP contribution is 2.42. The summed E-state index contributed by atoms with van der Waals surface area (Å²) in [5.41, 5.74) is 6.51. The Hall–Kier alpha value is -4.96. The fourth-order valence-electron chi connectivity index (χ4n) is 5.86. The molecule has 0 aliphatic heterocycles. The van der Waals surface area contributed by atoms with Crippen LogP contribution in [0.25, 0.3) is 32.6 Å². The lowest BCUT2D eigenvalue weighted by Crippen LogP contribution is -2.38. The van der Waals surface area contributed by atoms with Gasteiger partial charge in [-0.25, -0.2) is 9.97 Å². The highest BCUT2D eigenvalue weighted by molar-refractivity contribution is 7.88. The van der Waals surface area contributed by atoms with Crippen LogP contribution in [0.3, 0.4) is 0 Å². The van der Waals surface area contributed by atoms with Gasteiger partial charge in [-0.1, -0.05) is 97.1 Å². The van der Waals surface area contributed by atoms with Gasteiger partial charge in [0.1, 0.15) is 16.1 Å². The first-order valence-electron chi connectivity index (χ1n) is 13.9. The van der Waals surface area contributed by atoms with Crippen LogP contribution in [0.5, 0.6) is 0 Å². The van der Waals surface area contributed by atoms with Gasteiger partial charge in [0.2, 0.25) is 0 Å². The number of fused-ring (bicyclic) bond motifs is 1. The van der Waals surface area contributed by atoms with Crippen LogP contribution in [0.15, 0.2) is 138 Å². The van der Waals surface area contributed by atoms with E-state index in [4.69, 9.17) is 5.10 Å². The van der Waals surface area contributed by atoms with E-state index in [9.17, 15) is 13.0 Å². The third kappa shape index (κ3) is 4.71. The first-order chi connectivity index (χ1) is 21.4.